The molecule has 1 aliphatic heterocycles. The molecule has 24 heavy (non-hydrogen) atoms. The van der Waals surface area contributed by atoms with Gasteiger partial charge in [-0.05, 0) is 36.6 Å². The second-order valence-corrected chi connectivity index (χ2v) is 6.19. The van der Waals surface area contributed by atoms with Crippen LogP contribution in [-0.4, -0.2) is 34.3 Å². The zero-order valence-corrected chi connectivity index (χ0v) is 13.7. The quantitative estimate of drug-likeness (QED) is 0.913. The zero-order chi connectivity index (χ0) is 16.9. The average Bonchev–Trinajstić information content (AvgIpc) is 2.91. The highest BCUT2D eigenvalue weighted by molar-refractivity contribution is 5.89. The number of carbonyl (C=O) groups excluding carboxylic acids is 2. The van der Waals surface area contributed by atoms with Gasteiger partial charge in [-0.1, -0.05) is 29.8 Å². The fourth-order valence-electron chi connectivity index (χ4n) is 2.88. The van der Waals surface area contributed by atoms with E-state index in [2.05, 4.69) is 10.3 Å². The van der Waals surface area contributed by atoms with Gasteiger partial charge in [-0.15, -0.1) is 0 Å². The molecule has 2 amide bonds. The van der Waals surface area contributed by atoms with E-state index in [-0.39, 0.29) is 18.2 Å². The van der Waals surface area contributed by atoms with Crippen LogP contribution in [0.2, 0.25) is 0 Å². The highest BCUT2D eigenvalue weighted by atomic mass is 16.2. The molecule has 0 unspecified atom stereocenters. The number of amides is 2. The minimum atomic E-state index is -0.412. The largest absolute Gasteiger partial charge is 0.344 e. The highest BCUT2D eigenvalue weighted by Gasteiger charge is 2.32. The predicted molar refractivity (Wildman–Crippen MR) is 91.1 cm³/mol. The maximum atomic E-state index is 12.5. The molecule has 1 aromatic heterocycles. The van der Waals surface area contributed by atoms with E-state index in [0.29, 0.717) is 19.5 Å². The van der Waals surface area contributed by atoms with E-state index in [4.69, 9.17) is 0 Å². The first-order valence-corrected chi connectivity index (χ1v) is 8.14. The second-order valence-electron chi connectivity index (χ2n) is 6.19. The van der Waals surface area contributed by atoms with Gasteiger partial charge < -0.3 is 10.2 Å². The van der Waals surface area contributed by atoms with Gasteiger partial charge in [0.2, 0.25) is 11.8 Å². The lowest BCUT2D eigenvalue weighted by atomic mass is 10.1. The van der Waals surface area contributed by atoms with Crippen LogP contribution in [0.15, 0.2) is 48.8 Å². The molecular weight excluding hydrogens is 302 g/mol. The second kappa shape index (κ2) is 7.25. The Balaban J connectivity index is 1.54. The van der Waals surface area contributed by atoms with Crippen molar-refractivity contribution in [1.29, 1.82) is 0 Å². The molecule has 0 spiro atoms. The van der Waals surface area contributed by atoms with Gasteiger partial charge in [0.25, 0.3) is 0 Å². The third-order valence-corrected chi connectivity index (χ3v) is 4.24. The van der Waals surface area contributed by atoms with Crippen LogP contribution in [-0.2, 0) is 22.6 Å². The minimum absolute atomic E-state index is 0.00125. The molecule has 3 rings (SSSR count). The van der Waals surface area contributed by atoms with Crippen LogP contribution >= 0.6 is 0 Å². The molecule has 1 N–H and O–H groups in total. The molecule has 0 saturated carbocycles. The number of benzene rings is 1. The van der Waals surface area contributed by atoms with Crippen molar-refractivity contribution in [3.05, 3.63) is 65.5 Å². The number of rotatable bonds is 5. The fourth-order valence-corrected chi connectivity index (χ4v) is 2.88. The van der Waals surface area contributed by atoms with Crippen LogP contribution in [0.1, 0.15) is 23.1 Å². The molecule has 0 aliphatic carbocycles. The number of likely N-dealkylation sites (tertiary alicyclic amines) is 1. The van der Waals surface area contributed by atoms with Gasteiger partial charge in [0, 0.05) is 25.5 Å². The van der Waals surface area contributed by atoms with E-state index in [1.54, 1.807) is 24.5 Å². The van der Waals surface area contributed by atoms with Crippen molar-refractivity contribution >= 4 is 11.8 Å². The first-order valence-electron chi connectivity index (χ1n) is 8.14. The number of carbonyl (C=O) groups is 2. The third kappa shape index (κ3) is 3.98. The van der Waals surface area contributed by atoms with E-state index in [1.807, 2.05) is 36.1 Å². The van der Waals surface area contributed by atoms with Crippen LogP contribution < -0.4 is 5.32 Å². The number of aryl methyl sites for hydroxylation is 1. The fraction of sp³-hybridized carbons (Fsp3) is 0.316. The number of aromatic nitrogens is 1. The molecule has 2 aromatic rings. The third-order valence-electron chi connectivity index (χ3n) is 4.24. The number of hydrogen-bond acceptors (Lipinski definition) is 3. The lowest BCUT2D eigenvalue weighted by Crippen LogP contribution is -2.41. The molecule has 5 nitrogen and oxygen atoms in total. The van der Waals surface area contributed by atoms with Gasteiger partial charge in [-0.3, -0.25) is 14.6 Å². The standard InChI is InChI=1S/C19H21N3O2/c1-14-2-4-16(5-3-14)13-22-11-8-17(19(22)24)21-18(23)12-15-6-9-20-10-7-15/h2-7,9-10,17H,8,11-13H2,1H3,(H,21,23)/t17-/m0/s1. The summed E-state index contributed by atoms with van der Waals surface area (Å²) in [5.41, 5.74) is 3.20. The summed E-state index contributed by atoms with van der Waals surface area (Å²) in [6.07, 6.45) is 4.25. The SMILES string of the molecule is Cc1ccc(CN2CC[C@H](NC(=O)Cc3ccncc3)C2=O)cc1. The highest BCUT2D eigenvalue weighted by Crippen LogP contribution is 2.16. The van der Waals surface area contributed by atoms with Gasteiger partial charge in [0.15, 0.2) is 0 Å². The normalized spacial score (nSPS) is 17.1. The van der Waals surface area contributed by atoms with Crippen molar-refractivity contribution in [3.63, 3.8) is 0 Å². The Kier molecular flexibility index (Phi) is 4.89. The number of nitrogens with one attached hydrogen (secondary N) is 1. The van der Waals surface area contributed by atoms with Gasteiger partial charge in [-0.2, -0.15) is 0 Å². The van der Waals surface area contributed by atoms with Crippen LogP contribution in [0.4, 0.5) is 0 Å². The molecule has 1 saturated heterocycles. The molecule has 1 fully saturated rings. The summed E-state index contributed by atoms with van der Waals surface area (Å²) in [7, 11) is 0. The van der Waals surface area contributed by atoms with E-state index in [9.17, 15) is 9.59 Å². The molecular formula is C19H21N3O2. The summed E-state index contributed by atoms with van der Waals surface area (Å²) in [4.78, 5) is 30.3. The molecule has 0 bridgehead atoms. The van der Waals surface area contributed by atoms with Crippen molar-refractivity contribution in [2.75, 3.05) is 6.54 Å². The molecule has 124 valence electrons. The van der Waals surface area contributed by atoms with Crippen LogP contribution in [0.5, 0.6) is 0 Å². The maximum Gasteiger partial charge on any atom is 0.245 e. The monoisotopic (exact) mass is 323 g/mol. The molecule has 1 atom stereocenters. The Bertz CT molecular complexity index is 713. The first-order chi connectivity index (χ1) is 11.6. The summed E-state index contributed by atoms with van der Waals surface area (Å²) in [6, 6.07) is 11.4. The van der Waals surface area contributed by atoms with Crippen molar-refractivity contribution in [3.8, 4) is 0 Å². The number of pyridine rings is 1. The van der Waals surface area contributed by atoms with Crippen LogP contribution in [0.25, 0.3) is 0 Å². The predicted octanol–water partition coefficient (Wildman–Crippen LogP) is 1.85. The topological polar surface area (TPSA) is 62.3 Å². The Morgan fingerprint density at radius 2 is 1.88 bits per heavy atom. The number of nitrogens with zero attached hydrogens (tertiary/aromatic N) is 2. The van der Waals surface area contributed by atoms with Crippen molar-refractivity contribution in [2.24, 2.45) is 0 Å². The molecule has 1 aliphatic rings. The minimum Gasteiger partial charge on any atom is -0.344 e. The van der Waals surface area contributed by atoms with Crippen molar-refractivity contribution < 1.29 is 9.59 Å². The molecule has 1 aromatic carbocycles. The summed E-state index contributed by atoms with van der Waals surface area (Å²) in [5, 5.41) is 2.85. The molecule has 2 heterocycles. The Morgan fingerprint density at radius 3 is 2.58 bits per heavy atom. The van der Waals surface area contributed by atoms with Crippen LogP contribution in [0, 0.1) is 6.92 Å². The van der Waals surface area contributed by atoms with E-state index in [1.165, 1.54) is 5.56 Å². The summed E-state index contributed by atoms with van der Waals surface area (Å²) in [5.74, 6) is -0.129. The average molecular weight is 323 g/mol. The summed E-state index contributed by atoms with van der Waals surface area (Å²) in [6.45, 7) is 3.31. The van der Waals surface area contributed by atoms with Crippen LogP contribution in [0.3, 0.4) is 0 Å². The van der Waals surface area contributed by atoms with E-state index < -0.39 is 6.04 Å². The zero-order valence-electron chi connectivity index (χ0n) is 13.7. The smallest absolute Gasteiger partial charge is 0.245 e. The maximum absolute atomic E-state index is 12.5. The Labute approximate surface area is 141 Å². The number of hydrogen-bond donors (Lipinski definition) is 1. The summed E-state index contributed by atoms with van der Waals surface area (Å²) < 4.78 is 0. The van der Waals surface area contributed by atoms with Gasteiger partial charge in [0.05, 0.1) is 6.42 Å². The van der Waals surface area contributed by atoms with Gasteiger partial charge >= 0.3 is 0 Å². The van der Waals surface area contributed by atoms with Gasteiger partial charge in [-0.25, -0.2) is 0 Å². The lowest BCUT2D eigenvalue weighted by Gasteiger charge is -2.17. The first kappa shape index (κ1) is 16.2. The van der Waals surface area contributed by atoms with Gasteiger partial charge in [0.1, 0.15) is 6.04 Å². The molecule has 5 heteroatoms. The van der Waals surface area contributed by atoms with Crippen molar-refractivity contribution in [2.45, 2.75) is 32.4 Å². The molecule has 0 radical (unpaired) electrons. The van der Waals surface area contributed by atoms with E-state index >= 15 is 0 Å². The lowest BCUT2D eigenvalue weighted by molar-refractivity contribution is -0.132. The Morgan fingerprint density at radius 1 is 1.17 bits per heavy atom. The Hall–Kier alpha value is -2.69. The summed E-state index contributed by atoms with van der Waals surface area (Å²) >= 11 is 0. The van der Waals surface area contributed by atoms with Crippen molar-refractivity contribution in [1.82, 2.24) is 15.2 Å². The van der Waals surface area contributed by atoms with E-state index in [0.717, 1.165) is 11.1 Å².